The molecule has 3 rings (SSSR count). The Hall–Kier alpha value is -2.16. The second-order valence-corrected chi connectivity index (χ2v) is 12.2. The number of thioether (sulfide) groups is 1. The van der Waals surface area contributed by atoms with Crippen LogP contribution in [0.15, 0.2) is 23.1 Å². The molecule has 1 aromatic heterocycles. The SMILES string of the molecule is CC(C)Cc1c(SCc2ccc3c(c2)C(C)(C)CCC3(C)C)c(C(F)(F)F)nc(C(F)F)c1C(=O)O. The van der Waals surface area contributed by atoms with E-state index in [9.17, 15) is 31.9 Å². The van der Waals surface area contributed by atoms with Crippen LogP contribution in [0.3, 0.4) is 0 Å². The Balaban J connectivity index is 2.15. The van der Waals surface area contributed by atoms with E-state index in [1.165, 1.54) is 5.56 Å². The van der Waals surface area contributed by atoms with Gasteiger partial charge in [0.15, 0.2) is 5.69 Å². The van der Waals surface area contributed by atoms with Gasteiger partial charge in [-0.2, -0.15) is 13.2 Å². The summed E-state index contributed by atoms with van der Waals surface area (Å²) in [6, 6.07) is 5.91. The predicted octanol–water partition coefficient (Wildman–Crippen LogP) is 8.58. The van der Waals surface area contributed by atoms with E-state index < -0.39 is 40.4 Å². The van der Waals surface area contributed by atoms with E-state index in [2.05, 4.69) is 32.7 Å². The number of fused-ring (bicyclic) bond motifs is 1. The summed E-state index contributed by atoms with van der Waals surface area (Å²) in [5.41, 5.74) is -0.841. The Morgan fingerprint density at radius 3 is 2.17 bits per heavy atom. The first kappa shape index (κ1) is 28.4. The molecule has 0 saturated heterocycles. The van der Waals surface area contributed by atoms with Crippen LogP contribution in [0.1, 0.15) is 105 Å². The lowest BCUT2D eigenvalue weighted by molar-refractivity contribution is -0.143. The third-order valence-corrected chi connectivity index (χ3v) is 8.09. The Kier molecular flexibility index (Phi) is 7.85. The molecule has 3 nitrogen and oxygen atoms in total. The van der Waals surface area contributed by atoms with Gasteiger partial charge in [0.25, 0.3) is 6.43 Å². The number of carboxylic acids is 1. The Bertz CT molecular complexity index is 1160. The fourth-order valence-electron chi connectivity index (χ4n) is 4.87. The molecule has 1 heterocycles. The zero-order valence-electron chi connectivity index (χ0n) is 21.3. The first-order valence-corrected chi connectivity index (χ1v) is 12.9. The number of hydrogen-bond donors (Lipinski definition) is 1. The van der Waals surface area contributed by atoms with Gasteiger partial charge in [0.1, 0.15) is 5.69 Å². The fourth-order valence-corrected chi connectivity index (χ4v) is 6.01. The van der Waals surface area contributed by atoms with Crippen molar-refractivity contribution < 1.29 is 31.9 Å². The molecular weight excluding hydrogens is 497 g/mol. The summed E-state index contributed by atoms with van der Waals surface area (Å²) in [5.74, 6) is -1.85. The van der Waals surface area contributed by atoms with Crippen LogP contribution in [-0.2, 0) is 29.2 Å². The minimum atomic E-state index is -5.02. The van der Waals surface area contributed by atoms with Crippen molar-refractivity contribution in [3.63, 3.8) is 0 Å². The number of alkyl halides is 5. The third kappa shape index (κ3) is 5.71. The molecule has 0 atom stereocenters. The van der Waals surface area contributed by atoms with Crippen molar-refractivity contribution in [2.75, 3.05) is 0 Å². The molecule has 9 heteroatoms. The van der Waals surface area contributed by atoms with Crippen LogP contribution in [0.2, 0.25) is 0 Å². The van der Waals surface area contributed by atoms with Gasteiger partial charge in [-0.05, 0) is 58.3 Å². The zero-order chi connectivity index (χ0) is 27.2. The minimum Gasteiger partial charge on any atom is -0.478 e. The molecule has 1 aliphatic rings. The van der Waals surface area contributed by atoms with Gasteiger partial charge in [0.2, 0.25) is 0 Å². The maximum absolute atomic E-state index is 14.0. The van der Waals surface area contributed by atoms with E-state index >= 15 is 0 Å². The highest BCUT2D eigenvalue weighted by Gasteiger charge is 2.41. The molecule has 198 valence electrons. The lowest BCUT2D eigenvalue weighted by Crippen LogP contribution is -2.33. The quantitative estimate of drug-likeness (QED) is 0.288. The van der Waals surface area contributed by atoms with Crippen molar-refractivity contribution in [3.05, 3.63) is 57.4 Å². The van der Waals surface area contributed by atoms with Crippen molar-refractivity contribution in [3.8, 4) is 0 Å². The number of aromatic nitrogens is 1. The van der Waals surface area contributed by atoms with Gasteiger partial charge < -0.3 is 5.11 Å². The van der Waals surface area contributed by atoms with E-state index in [0.717, 1.165) is 35.7 Å². The number of nitrogens with zero attached hydrogens (tertiary/aromatic N) is 1. The number of hydrogen-bond acceptors (Lipinski definition) is 3. The first-order chi connectivity index (χ1) is 16.5. The Labute approximate surface area is 212 Å². The molecule has 36 heavy (non-hydrogen) atoms. The summed E-state index contributed by atoms with van der Waals surface area (Å²) in [6.45, 7) is 12.0. The van der Waals surface area contributed by atoms with Gasteiger partial charge in [-0.15, -0.1) is 11.8 Å². The standard InChI is InChI=1S/C27H32F5NO2S/c1-14(2)11-16-19(24(34)35)20(23(28)29)33-22(27(30,31)32)21(16)36-13-15-7-8-17-18(12-15)26(5,6)10-9-25(17,3)4/h7-8,12,14,23H,9-11,13H2,1-6H3,(H,34,35). The number of pyridine rings is 1. The molecule has 0 bridgehead atoms. The largest absolute Gasteiger partial charge is 0.478 e. The minimum absolute atomic E-state index is 0.0180. The smallest absolute Gasteiger partial charge is 0.434 e. The maximum atomic E-state index is 14.0. The molecule has 1 aromatic carbocycles. The molecule has 1 aliphatic carbocycles. The fraction of sp³-hybridized carbons (Fsp3) is 0.556. The van der Waals surface area contributed by atoms with Gasteiger partial charge >= 0.3 is 12.1 Å². The number of carboxylic acid groups (broad SMARTS) is 1. The number of rotatable bonds is 7. The van der Waals surface area contributed by atoms with Crippen molar-refractivity contribution >= 4 is 17.7 Å². The second kappa shape index (κ2) is 9.95. The molecule has 0 spiro atoms. The van der Waals surface area contributed by atoms with Crippen molar-refractivity contribution in [2.45, 2.75) is 94.9 Å². The molecular formula is C27H32F5NO2S. The monoisotopic (exact) mass is 529 g/mol. The molecule has 0 fully saturated rings. The summed E-state index contributed by atoms with van der Waals surface area (Å²) < 4.78 is 69.3. The highest BCUT2D eigenvalue weighted by Crippen LogP contribution is 2.47. The van der Waals surface area contributed by atoms with Crippen molar-refractivity contribution in [1.29, 1.82) is 0 Å². The highest BCUT2D eigenvalue weighted by molar-refractivity contribution is 7.98. The number of halogens is 5. The van der Waals surface area contributed by atoms with Crippen molar-refractivity contribution in [2.24, 2.45) is 5.92 Å². The van der Waals surface area contributed by atoms with Crippen LogP contribution in [0.25, 0.3) is 0 Å². The van der Waals surface area contributed by atoms with E-state index in [-0.39, 0.29) is 34.5 Å². The van der Waals surface area contributed by atoms with Gasteiger partial charge in [0, 0.05) is 10.6 Å². The average molecular weight is 530 g/mol. The van der Waals surface area contributed by atoms with E-state index in [1.54, 1.807) is 13.8 Å². The van der Waals surface area contributed by atoms with Crippen LogP contribution in [0.4, 0.5) is 22.0 Å². The molecule has 0 aliphatic heterocycles. The number of benzene rings is 1. The Morgan fingerprint density at radius 1 is 1.08 bits per heavy atom. The predicted molar refractivity (Wildman–Crippen MR) is 131 cm³/mol. The summed E-state index contributed by atoms with van der Waals surface area (Å²) in [5, 5.41) is 9.69. The first-order valence-electron chi connectivity index (χ1n) is 11.9. The summed E-state index contributed by atoms with van der Waals surface area (Å²) in [7, 11) is 0. The Morgan fingerprint density at radius 2 is 1.67 bits per heavy atom. The average Bonchev–Trinajstić information content (AvgIpc) is 2.74. The molecule has 0 unspecified atom stereocenters. The number of carbonyl (C=O) groups is 1. The maximum Gasteiger partial charge on any atom is 0.434 e. The van der Waals surface area contributed by atoms with Gasteiger partial charge in [-0.3, -0.25) is 0 Å². The van der Waals surface area contributed by atoms with Gasteiger partial charge in [-0.1, -0.05) is 59.7 Å². The zero-order valence-corrected chi connectivity index (χ0v) is 22.1. The van der Waals surface area contributed by atoms with Gasteiger partial charge in [-0.25, -0.2) is 18.6 Å². The van der Waals surface area contributed by atoms with Crippen LogP contribution in [-0.4, -0.2) is 16.1 Å². The van der Waals surface area contributed by atoms with Crippen LogP contribution < -0.4 is 0 Å². The second-order valence-electron chi connectivity index (χ2n) is 11.2. The van der Waals surface area contributed by atoms with E-state index in [4.69, 9.17) is 0 Å². The summed E-state index contributed by atoms with van der Waals surface area (Å²) >= 11 is 0.808. The molecule has 0 amide bonds. The lowest BCUT2D eigenvalue weighted by Gasteiger charge is -2.42. The third-order valence-electron chi connectivity index (χ3n) is 6.88. The number of aromatic carboxylic acids is 1. The normalized spacial score (nSPS) is 16.9. The van der Waals surface area contributed by atoms with Gasteiger partial charge in [0.05, 0.1) is 5.56 Å². The van der Waals surface area contributed by atoms with Crippen LogP contribution in [0, 0.1) is 5.92 Å². The summed E-state index contributed by atoms with van der Waals surface area (Å²) in [4.78, 5) is 14.7. The van der Waals surface area contributed by atoms with E-state index in [0.29, 0.717) is 0 Å². The van der Waals surface area contributed by atoms with Crippen LogP contribution >= 0.6 is 11.8 Å². The molecule has 1 N–H and O–H groups in total. The topological polar surface area (TPSA) is 50.2 Å². The van der Waals surface area contributed by atoms with Crippen LogP contribution in [0.5, 0.6) is 0 Å². The lowest BCUT2D eigenvalue weighted by atomic mass is 9.63. The summed E-state index contributed by atoms with van der Waals surface area (Å²) in [6.07, 6.45) is -6.57. The molecule has 0 saturated carbocycles. The van der Waals surface area contributed by atoms with Crippen molar-refractivity contribution in [1.82, 2.24) is 4.98 Å². The molecule has 2 aromatic rings. The molecule has 0 radical (unpaired) electrons. The van der Waals surface area contributed by atoms with E-state index in [1.807, 2.05) is 18.2 Å². The highest BCUT2D eigenvalue weighted by atomic mass is 32.2.